The van der Waals surface area contributed by atoms with E-state index in [1.165, 1.54) is 0 Å². The Morgan fingerprint density at radius 2 is 2.19 bits per heavy atom. The van der Waals surface area contributed by atoms with Gasteiger partial charge in [0.05, 0.1) is 7.57 Å². The van der Waals surface area contributed by atoms with Crippen molar-refractivity contribution in [3.63, 3.8) is 0 Å². The van der Waals surface area contributed by atoms with Crippen molar-refractivity contribution in [2.45, 2.75) is 18.7 Å². The summed E-state index contributed by atoms with van der Waals surface area (Å²) in [5.74, 6) is 1.76. The Kier molecular flexibility index (Phi) is 4.16. The number of hydrogen-bond acceptors (Lipinski definition) is 2. The Bertz CT molecular complexity index is 492. The van der Waals surface area contributed by atoms with Gasteiger partial charge in [0.1, 0.15) is 16.9 Å². The van der Waals surface area contributed by atoms with Crippen LogP contribution >= 0.6 is 54.8 Å². The van der Waals surface area contributed by atoms with E-state index in [1.807, 2.05) is 18.2 Å². The molecule has 1 nitrogen and oxygen atoms in total. The average molecular weight is 385 g/mol. The van der Waals surface area contributed by atoms with Crippen LogP contribution in [0, 0.1) is 0 Å². The molecule has 0 spiro atoms. The summed E-state index contributed by atoms with van der Waals surface area (Å²) in [6.07, 6.45) is 0.887. The molecule has 0 saturated heterocycles. The van der Waals surface area contributed by atoms with E-state index in [2.05, 4.69) is 38.8 Å². The molecule has 86 valence electrons. The van der Waals surface area contributed by atoms with E-state index in [1.54, 1.807) is 11.3 Å². The highest BCUT2D eigenvalue weighted by atomic mass is 79.9. The smallest absolute Gasteiger partial charge is 0.126 e. The van der Waals surface area contributed by atoms with Crippen LogP contribution in [0.1, 0.15) is 29.4 Å². The summed E-state index contributed by atoms with van der Waals surface area (Å²) in [6, 6.07) is 5.93. The van der Waals surface area contributed by atoms with Crippen LogP contribution in [0.25, 0.3) is 0 Å². The molecule has 0 saturated carbocycles. The normalized spacial score (nSPS) is 13.0. The van der Waals surface area contributed by atoms with Gasteiger partial charge < -0.3 is 4.42 Å². The van der Waals surface area contributed by atoms with Crippen LogP contribution in [0.15, 0.2) is 30.2 Å². The van der Waals surface area contributed by atoms with Gasteiger partial charge in [-0.2, -0.15) is 0 Å². The zero-order valence-electron chi connectivity index (χ0n) is 8.47. The largest absolute Gasteiger partial charge is 0.464 e. The standard InChI is InChI=1S/C11H9Br2ClOS/c1-2-6-3-4-8(15-6)10(14)7-5-9(12)16-11(7)13/h3-5,10H,2H2,1H3. The lowest BCUT2D eigenvalue weighted by Crippen LogP contribution is -1.89. The quantitative estimate of drug-likeness (QED) is 0.614. The topological polar surface area (TPSA) is 13.1 Å². The Labute approximate surface area is 120 Å². The minimum atomic E-state index is -0.239. The Balaban J connectivity index is 2.31. The summed E-state index contributed by atoms with van der Waals surface area (Å²) in [4.78, 5) is 0. The van der Waals surface area contributed by atoms with Gasteiger partial charge >= 0.3 is 0 Å². The number of thiophene rings is 1. The lowest BCUT2D eigenvalue weighted by atomic mass is 10.2. The van der Waals surface area contributed by atoms with Crippen LogP contribution in [0.4, 0.5) is 0 Å². The highest BCUT2D eigenvalue weighted by Crippen LogP contribution is 2.41. The molecule has 1 unspecified atom stereocenters. The fraction of sp³-hybridized carbons (Fsp3) is 0.273. The van der Waals surface area contributed by atoms with Gasteiger partial charge in [-0.25, -0.2) is 0 Å². The summed E-state index contributed by atoms with van der Waals surface area (Å²) in [6.45, 7) is 2.06. The fourth-order valence-corrected chi connectivity index (χ4v) is 4.79. The van der Waals surface area contributed by atoms with Crippen molar-refractivity contribution in [1.29, 1.82) is 0 Å². The van der Waals surface area contributed by atoms with E-state index in [-0.39, 0.29) is 5.38 Å². The molecule has 0 fully saturated rings. The molecule has 0 aliphatic carbocycles. The maximum absolute atomic E-state index is 6.38. The van der Waals surface area contributed by atoms with Gasteiger partial charge in [0.2, 0.25) is 0 Å². The zero-order valence-corrected chi connectivity index (χ0v) is 13.2. The highest BCUT2D eigenvalue weighted by molar-refractivity contribution is 9.12. The number of aryl methyl sites for hydroxylation is 1. The van der Waals surface area contributed by atoms with Crippen molar-refractivity contribution in [3.05, 3.63) is 42.9 Å². The van der Waals surface area contributed by atoms with E-state index < -0.39 is 0 Å². The third-order valence-electron chi connectivity index (χ3n) is 2.24. The second-order valence-corrected chi connectivity index (χ2v) is 7.49. The Hall–Kier alpha value is 0.230. The third kappa shape index (κ3) is 2.55. The summed E-state index contributed by atoms with van der Waals surface area (Å²) < 4.78 is 7.74. The fourth-order valence-electron chi connectivity index (χ4n) is 1.40. The molecule has 5 heteroatoms. The van der Waals surface area contributed by atoms with Crippen LogP contribution in [0.5, 0.6) is 0 Å². The van der Waals surface area contributed by atoms with Crippen molar-refractivity contribution in [2.75, 3.05) is 0 Å². The number of rotatable bonds is 3. The first kappa shape index (κ1) is 12.7. The SMILES string of the molecule is CCc1ccc(C(Cl)c2cc(Br)sc2Br)o1. The van der Waals surface area contributed by atoms with Crippen molar-refractivity contribution >= 4 is 54.8 Å². The van der Waals surface area contributed by atoms with Crippen LogP contribution in [-0.2, 0) is 6.42 Å². The number of hydrogen-bond donors (Lipinski definition) is 0. The Morgan fingerprint density at radius 3 is 2.69 bits per heavy atom. The maximum Gasteiger partial charge on any atom is 0.126 e. The van der Waals surface area contributed by atoms with Gasteiger partial charge in [-0.05, 0) is 50.1 Å². The van der Waals surface area contributed by atoms with Gasteiger partial charge in [0.15, 0.2) is 0 Å². The van der Waals surface area contributed by atoms with E-state index >= 15 is 0 Å². The summed E-state index contributed by atoms with van der Waals surface area (Å²) in [5, 5.41) is -0.239. The molecule has 2 aromatic rings. The molecule has 0 amide bonds. The first-order valence-electron chi connectivity index (χ1n) is 4.79. The molecular weight excluding hydrogens is 375 g/mol. The molecule has 1 atom stereocenters. The minimum Gasteiger partial charge on any atom is -0.464 e. The van der Waals surface area contributed by atoms with Crippen LogP contribution in [0.3, 0.4) is 0 Å². The second-order valence-electron chi connectivity index (χ2n) is 3.30. The summed E-state index contributed by atoms with van der Waals surface area (Å²) in [5.41, 5.74) is 1.04. The van der Waals surface area contributed by atoms with Crippen molar-refractivity contribution in [1.82, 2.24) is 0 Å². The van der Waals surface area contributed by atoms with E-state index in [4.69, 9.17) is 16.0 Å². The zero-order chi connectivity index (χ0) is 11.7. The molecule has 0 aromatic carbocycles. The lowest BCUT2D eigenvalue weighted by Gasteiger charge is -2.04. The van der Waals surface area contributed by atoms with Crippen molar-refractivity contribution in [3.8, 4) is 0 Å². The van der Waals surface area contributed by atoms with E-state index in [9.17, 15) is 0 Å². The predicted octanol–water partition coefficient (Wildman–Crippen LogP) is 5.76. The van der Waals surface area contributed by atoms with Gasteiger partial charge in [-0.15, -0.1) is 22.9 Å². The third-order valence-corrected chi connectivity index (χ3v) is 5.07. The van der Waals surface area contributed by atoms with Gasteiger partial charge in [-0.1, -0.05) is 6.92 Å². The molecule has 16 heavy (non-hydrogen) atoms. The molecular formula is C11H9Br2ClOS. The first-order chi connectivity index (χ1) is 7.61. The van der Waals surface area contributed by atoms with E-state index in [0.717, 1.165) is 31.1 Å². The average Bonchev–Trinajstić information content (AvgIpc) is 2.84. The molecule has 0 aliphatic heterocycles. The predicted molar refractivity (Wildman–Crippen MR) is 75.5 cm³/mol. The van der Waals surface area contributed by atoms with Gasteiger partial charge in [0.25, 0.3) is 0 Å². The van der Waals surface area contributed by atoms with Gasteiger partial charge in [0, 0.05) is 12.0 Å². The summed E-state index contributed by atoms with van der Waals surface area (Å²) in [7, 11) is 0. The number of halogens is 3. The number of furan rings is 1. The Morgan fingerprint density at radius 1 is 1.44 bits per heavy atom. The van der Waals surface area contributed by atoms with Crippen LogP contribution in [0.2, 0.25) is 0 Å². The highest BCUT2D eigenvalue weighted by Gasteiger charge is 2.19. The minimum absolute atomic E-state index is 0.239. The molecule has 0 aliphatic rings. The molecule has 2 aromatic heterocycles. The van der Waals surface area contributed by atoms with E-state index in [0.29, 0.717) is 0 Å². The van der Waals surface area contributed by atoms with Gasteiger partial charge in [-0.3, -0.25) is 0 Å². The maximum atomic E-state index is 6.38. The summed E-state index contributed by atoms with van der Waals surface area (Å²) >= 11 is 14.9. The van der Waals surface area contributed by atoms with Crippen LogP contribution in [-0.4, -0.2) is 0 Å². The monoisotopic (exact) mass is 382 g/mol. The molecule has 0 N–H and O–H groups in total. The lowest BCUT2D eigenvalue weighted by molar-refractivity contribution is 0.474. The van der Waals surface area contributed by atoms with Crippen molar-refractivity contribution in [2.24, 2.45) is 0 Å². The van der Waals surface area contributed by atoms with Crippen molar-refractivity contribution < 1.29 is 4.42 Å². The molecule has 0 bridgehead atoms. The molecule has 2 rings (SSSR count). The number of alkyl halides is 1. The first-order valence-corrected chi connectivity index (χ1v) is 7.63. The molecule has 0 radical (unpaired) electrons. The molecule has 2 heterocycles. The second kappa shape index (κ2) is 5.25. The van der Waals surface area contributed by atoms with Crippen LogP contribution < -0.4 is 0 Å².